The zero-order chi connectivity index (χ0) is 19.3. The first-order chi connectivity index (χ1) is 13.2. The largest absolute Gasteiger partial charge is 0.197 e. The highest BCUT2D eigenvalue weighted by Gasteiger charge is 2.51. The van der Waals surface area contributed by atoms with Crippen LogP contribution in [0.5, 0.6) is 0 Å². The van der Waals surface area contributed by atoms with E-state index in [9.17, 15) is 21.0 Å². The maximum Gasteiger partial charge on any atom is 0.158 e. The number of nitrogens with zero attached hydrogens (tertiary/aromatic N) is 4. The van der Waals surface area contributed by atoms with Gasteiger partial charge in [-0.05, 0) is 29.5 Å². The van der Waals surface area contributed by atoms with Crippen LogP contribution in [-0.2, 0) is 0 Å². The van der Waals surface area contributed by atoms with Crippen LogP contribution in [0.25, 0.3) is 0 Å². The van der Waals surface area contributed by atoms with Crippen molar-refractivity contribution in [2.45, 2.75) is 24.7 Å². The predicted molar refractivity (Wildman–Crippen MR) is 99.5 cm³/mol. The highest BCUT2D eigenvalue weighted by Crippen LogP contribution is 2.56. The lowest BCUT2D eigenvalue weighted by molar-refractivity contribution is 0.289. The summed E-state index contributed by atoms with van der Waals surface area (Å²) < 4.78 is 0. The Morgan fingerprint density at radius 1 is 0.704 bits per heavy atom. The van der Waals surface area contributed by atoms with Gasteiger partial charge in [-0.1, -0.05) is 60.7 Å². The summed E-state index contributed by atoms with van der Waals surface area (Å²) in [6.45, 7) is 0. The van der Waals surface area contributed by atoms with Crippen LogP contribution in [0.4, 0.5) is 0 Å². The molecule has 0 aromatic heterocycles. The van der Waals surface area contributed by atoms with Crippen molar-refractivity contribution in [2.24, 2.45) is 5.41 Å². The highest BCUT2D eigenvalue weighted by molar-refractivity contribution is 5.48. The van der Waals surface area contributed by atoms with Gasteiger partial charge in [-0.2, -0.15) is 21.0 Å². The molecule has 0 spiro atoms. The number of rotatable bonds is 2. The third-order valence-electron chi connectivity index (χ3n) is 5.35. The van der Waals surface area contributed by atoms with E-state index >= 15 is 0 Å². The number of allylic oxidation sites excluding steroid dienone is 2. The van der Waals surface area contributed by atoms with Gasteiger partial charge in [0.1, 0.15) is 17.7 Å². The second kappa shape index (κ2) is 7.58. The van der Waals surface area contributed by atoms with Crippen LogP contribution in [0.1, 0.15) is 35.8 Å². The van der Waals surface area contributed by atoms with Gasteiger partial charge >= 0.3 is 0 Å². The molecule has 1 saturated carbocycles. The summed E-state index contributed by atoms with van der Waals surface area (Å²) in [5.41, 5.74) is 1.26. The Morgan fingerprint density at radius 2 is 1.11 bits per heavy atom. The van der Waals surface area contributed by atoms with Gasteiger partial charge in [-0.15, -0.1) is 0 Å². The van der Waals surface area contributed by atoms with E-state index in [1.807, 2.05) is 72.8 Å². The Labute approximate surface area is 158 Å². The fourth-order valence-electron chi connectivity index (χ4n) is 4.00. The van der Waals surface area contributed by atoms with Crippen molar-refractivity contribution in [1.29, 1.82) is 21.0 Å². The quantitative estimate of drug-likeness (QED) is 0.733. The second-order valence-electron chi connectivity index (χ2n) is 6.63. The lowest BCUT2D eigenvalue weighted by Crippen LogP contribution is -2.37. The Morgan fingerprint density at radius 3 is 1.44 bits per heavy atom. The molecule has 2 aromatic carbocycles. The summed E-state index contributed by atoms with van der Waals surface area (Å²) in [4.78, 5) is 0. The van der Waals surface area contributed by atoms with E-state index in [1.54, 1.807) is 0 Å². The summed E-state index contributed by atoms with van der Waals surface area (Å²) in [6, 6.07) is 27.5. The first-order valence-electron chi connectivity index (χ1n) is 8.64. The van der Waals surface area contributed by atoms with Gasteiger partial charge < -0.3 is 0 Å². The molecule has 0 amide bonds. The second-order valence-corrected chi connectivity index (χ2v) is 6.63. The Balaban J connectivity index is 2.26. The van der Waals surface area contributed by atoms with Gasteiger partial charge in [0.25, 0.3) is 0 Å². The highest BCUT2D eigenvalue weighted by atomic mass is 14.5. The molecule has 0 saturated heterocycles. The fraction of sp³-hybridized carbons (Fsp3) is 0.217. The SMILES string of the molecule is N#CC(C#N)=C1CC(c2ccccc2)C(C#N)(C#N)C(c2ccccc2)C1. The summed E-state index contributed by atoms with van der Waals surface area (Å²) in [5.74, 6) is -0.835. The maximum absolute atomic E-state index is 10.1. The molecular formula is C23H16N4. The molecule has 0 bridgehead atoms. The minimum atomic E-state index is -1.28. The van der Waals surface area contributed by atoms with Crippen LogP contribution in [0.2, 0.25) is 0 Å². The molecule has 1 aliphatic carbocycles. The Hall–Kier alpha value is -3.86. The summed E-state index contributed by atoms with van der Waals surface area (Å²) >= 11 is 0. The number of benzene rings is 2. The molecule has 0 radical (unpaired) electrons. The third-order valence-corrected chi connectivity index (χ3v) is 5.35. The van der Waals surface area contributed by atoms with Crippen molar-refractivity contribution in [3.05, 3.63) is 82.9 Å². The number of hydrogen-bond donors (Lipinski definition) is 0. The average molecular weight is 348 g/mol. The summed E-state index contributed by atoms with van der Waals surface area (Å²) in [7, 11) is 0. The van der Waals surface area contributed by atoms with E-state index in [4.69, 9.17) is 0 Å². The van der Waals surface area contributed by atoms with Crippen molar-refractivity contribution in [3.63, 3.8) is 0 Å². The molecule has 1 fully saturated rings. The van der Waals surface area contributed by atoms with Crippen LogP contribution in [0, 0.1) is 50.7 Å². The van der Waals surface area contributed by atoms with Gasteiger partial charge in [0.05, 0.1) is 12.1 Å². The average Bonchev–Trinajstić information content (AvgIpc) is 2.75. The summed E-state index contributed by atoms with van der Waals surface area (Å²) in [6.07, 6.45) is 0.704. The van der Waals surface area contributed by atoms with Crippen LogP contribution >= 0.6 is 0 Å². The number of hydrogen-bond acceptors (Lipinski definition) is 4. The fourth-order valence-corrected chi connectivity index (χ4v) is 4.00. The smallest absolute Gasteiger partial charge is 0.158 e. The van der Waals surface area contributed by atoms with E-state index in [0.29, 0.717) is 18.4 Å². The molecule has 2 aromatic rings. The molecule has 2 unspecified atom stereocenters. The van der Waals surface area contributed by atoms with Gasteiger partial charge in [-0.25, -0.2) is 0 Å². The van der Waals surface area contributed by atoms with Crippen LogP contribution in [-0.4, -0.2) is 0 Å². The van der Waals surface area contributed by atoms with Crippen LogP contribution in [0.3, 0.4) is 0 Å². The minimum Gasteiger partial charge on any atom is -0.197 e. The van der Waals surface area contributed by atoms with Gasteiger partial charge in [-0.3, -0.25) is 0 Å². The number of nitriles is 4. The van der Waals surface area contributed by atoms with E-state index in [1.165, 1.54) is 0 Å². The van der Waals surface area contributed by atoms with Crippen molar-refractivity contribution in [2.75, 3.05) is 0 Å². The maximum atomic E-state index is 10.1. The third kappa shape index (κ3) is 3.06. The molecule has 0 N–H and O–H groups in total. The van der Waals surface area contributed by atoms with E-state index in [-0.39, 0.29) is 5.57 Å². The molecule has 1 aliphatic rings. The van der Waals surface area contributed by atoms with E-state index in [0.717, 1.165) is 11.1 Å². The zero-order valence-electron chi connectivity index (χ0n) is 14.6. The van der Waals surface area contributed by atoms with Crippen LogP contribution in [0.15, 0.2) is 71.8 Å². The van der Waals surface area contributed by atoms with Gasteiger partial charge in [0.2, 0.25) is 0 Å². The standard InChI is InChI=1S/C23H16N4/c24-13-20(14-25)19-11-21(17-7-3-1-4-8-17)23(15-26,16-27)22(12-19)18-9-5-2-6-10-18/h1-10,21-22H,11-12H2. The molecule has 3 rings (SSSR count). The van der Waals surface area contributed by atoms with Crippen molar-refractivity contribution in [3.8, 4) is 24.3 Å². The molecule has 2 atom stereocenters. The predicted octanol–water partition coefficient (Wildman–Crippen LogP) is 4.73. The lowest BCUT2D eigenvalue weighted by Gasteiger charge is -2.42. The Kier molecular flexibility index (Phi) is 5.04. The van der Waals surface area contributed by atoms with Crippen molar-refractivity contribution < 1.29 is 0 Å². The summed E-state index contributed by atoms with van der Waals surface area (Å²) in [5, 5.41) is 39.0. The molecule has 0 aliphatic heterocycles. The normalized spacial score (nSPS) is 20.4. The topological polar surface area (TPSA) is 95.2 Å². The van der Waals surface area contributed by atoms with Crippen molar-refractivity contribution >= 4 is 0 Å². The minimum absolute atomic E-state index is 0.0846. The molecule has 128 valence electrons. The monoisotopic (exact) mass is 348 g/mol. The van der Waals surface area contributed by atoms with Gasteiger partial charge in [0, 0.05) is 11.8 Å². The van der Waals surface area contributed by atoms with E-state index in [2.05, 4.69) is 12.1 Å². The van der Waals surface area contributed by atoms with E-state index < -0.39 is 17.3 Å². The first-order valence-corrected chi connectivity index (χ1v) is 8.64. The first kappa shape index (κ1) is 17.9. The molecular weight excluding hydrogens is 332 g/mol. The molecule has 0 heterocycles. The lowest BCUT2D eigenvalue weighted by atomic mass is 9.56. The zero-order valence-corrected chi connectivity index (χ0v) is 14.6. The Bertz CT molecular complexity index is 941. The van der Waals surface area contributed by atoms with Crippen molar-refractivity contribution in [1.82, 2.24) is 0 Å². The van der Waals surface area contributed by atoms with Gasteiger partial charge in [0.15, 0.2) is 5.41 Å². The molecule has 4 nitrogen and oxygen atoms in total. The molecule has 27 heavy (non-hydrogen) atoms. The molecule has 4 heteroatoms. The van der Waals surface area contributed by atoms with Crippen LogP contribution < -0.4 is 0 Å².